The molecule has 1 unspecified atom stereocenters. The highest BCUT2D eigenvalue weighted by molar-refractivity contribution is 6.35. The van der Waals surface area contributed by atoms with E-state index in [1.165, 1.54) is 0 Å². The number of aryl methyl sites for hydroxylation is 1. The third-order valence-electron chi connectivity index (χ3n) is 3.56. The summed E-state index contributed by atoms with van der Waals surface area (Å²) >= 11 is 6.28. The lowest BCUT2D eigenvalue weighted by atomic mass is 10.1. The van der Waals surface area contributed by atoms with Crippen LogP contribution in [0.1, 0.15) is 25.3 Å². The SMILES string of the molecule is Cc1cc(Cl)c(NC(=O)CCC(C)CN)c2cccnc12. The predicted molar refractivity (Wildman–Crippen MR) is 87.6 cm³/mol. The van der Waals surface area contributed by atoms with Crippen LogP contribution in [-0.2, 0) is 4.79 Å². The minimum absolute atomic E-state index is 0.0498. The van der Waals surface area contributed by atoms with E-state index in [1.54, 1.807) is 6.20 Å². The second-order valence-corrected chi connectivity index (χ2v) is 5.78. The second-order valence-electron chi connectivity index (χ2n) is 5.38. The smallest absolute Gasteiger partial charge is 0.224 e. The molecule has 1 atom stereocenters. The summed E-state index contributed by atoms with van der Waals surface area (Å²) in [4.78, 5) is 16.4. The van der Waals surface area contributed by atoms with E-state index >= 15 is 0 Å². The van der Waals surface area contributed by atoms with Crippen molar-refractivity contribution in [1.82, 2.24) is 4.98 Å². The van der Waals surface area contributed by atoms with Gasteiger partial charge >= 0.3 is 0 Å². The van der Waals surface area contributed by atoms with Crippen LogP contribution in [0.2, 0.25) is 5.02 Å². The first-order valence-electron chi connectivity index (χ1n) is 7.06. The van der Waals surface area contributed by atoms with Crippen LogP contribution in [0, 0.1) is 12.8 Å². The molecule has 0 saturated heterocycles. The molecule has 0 spiro atoms. The Hall–Kier alpha value is -1.65. The lowest BCUT2D eigenvalue weighted by molar-refractivity contribution is -0.116. The number of carbonyl (C=O) groups excluding carboxylic acids is 1. The monoisotopic (exact) mass is 305 g/mol. The Labute approximate surface area is 129 Å². The number of halogens is 1. The van der Waals surface area contributed by atoms with E-state index in [1.807, 2.05) is 32.0 Å². The Kier molecular flexibility index (Phi) is 5.15. The number of rotatable bonds is 5. The molecule has 0 bridgehead atoms. The molecule has 0 aliphatic rings. The summed E-state index contributed by atoms with van der Waals surface area (Å²) in [6, 6.07) is 5.58. The highest BCUT2D eigenvalue weighted by Crippen LogP contribution is 2.32. The number of nitrogens with two attached hydrogens (primary N) is 1. The molecule has 0 aliphatic heterocycles. The van der Waals surface area contributed by atoms with Crippen LogP contribution < -0.4 is 11.1 Å². The van der Waals surface area contributed by atoms with Crippen LogP contribution >= 0.6 is 11.6 Å². The van der Waals surface area contributed by atoms with Crippen LogP contribution in [0.25, 0.3) is 10.9 Å². The average Bonchev–Trinajstić information content (AvgIpc) is 2.49. The number of hydrogen-bond donors (Lipinski definition) is 2. The molecule has 0 saturated carbocycles. The highest BCUT2D eigenvalue weighted by atomic mass is 35.5. The summed E-state index contributed by atoms with van der Waals surface area (Å²) in [7, 11) is 0. The second kappa shape index (κ2) is 6.87. The van der Waals surface area contributed by atoms with Gasteiger partial charge in [-0.1, -0.05) is 18.5 Å². The summed E-state index contributed by atoms with van der Waals surface area (Å²) in [5.74, 6) is 0.286. The molecule has 4 nitrogen and oxygen atoms in total. The molecule has 21 heavy (non-hydrogen) atoms. The fraction of sp³-hybridized carbons (Fsp3) is 0.375. The van der Waals surface area contributed by atoms with Crippen LogP contribution in [0.15, 0.2) is 24.4 Å². The number of anilines is 1. The maximum absolute atomic E-state index is 12.1. The number of fused-ring (bicyclic) bond motifs is 1. The maximum Gasteiger partial charge on any atom is 0.224 e. The van der Waals surface area contributed by atoms with Gasteiger partial charge in [0, 0.05) is 18.0 Å². The maximum atomic E-state index is 12.1. The van der Waals surface area contributed by atoms with Gasteiger partial charge in [0.2, 0.25) is 5.91 Å². The van der Waals surface area contributed by atoms with Crippen LogP contribution in [0.4, 0.5) is 5.69 Å². The van der Waals surface area contributed by atoms with Gasteiger partial charge in [0.25, 0.3) is 0 Å². The summed E-state index contributed by atoms with van der Waals surface area (Å²) in [6.45, 7) is 4.58. The number of aromatic nitrogens is 1. The molecule has 0 aliphatic carbocycles. The first kappa shape index (κ1) is 15.7. The number of amides is 1. The van der Waals surface area contributed by atoms with E-state index in [9.17, 15) is 4.79 Å². The van der Waals surface area contributed by atoms with Gasteiger partial charge in [0.15, 0.2) is 0 Å². The molecule has 112 valence electrons. The van der Waals surface area contributed by atoms with Gasteiger partial charge < -0.3 is 11.1 Å². The normalized spacial score (nSPS) is 12.4. The molecule has 5 heteroatoms. The number of nitrogens with one attached hydrogen (secondary N) is 1. The zero-order chi connectivity index (χ0) is 15.4. The number of pyridine rings is 1. The number of carbonyl (C=O) groups is 1. The number of nitrogens with zero attached hydrogens (tertiary/aromatic N) is 1. The standard InChI is InChI=1S/C16H20ClN3O/c1-10(9-18)5-6-14(21)20-16-12-4-3-7-19-15(12)11(2)8-13(16)17/h3-4,7-8,10H,5-6,9,18H2,1-2H3,(H,20,21). The van der Waals surface area contributed by atoms with Crippen LogP contribution in [0.3, 0.4) is 0 Å². The third kappa shape index (κ3) is 3.71. The molecule has 3 N–H and O–H groups in total. The number of hydrogen-bond acceptors (Lipinski definition) is 3. The van der Waals surface area contributed by atoms with E-state index in [0.717, 1.165) is 22.9 Å². The summed E-state index contributed by atoms with van der Waals surface area (Å²) < 4.78 is 0. The lowest BCUT2D eigenvalue weighted by Crippen LogP contribution is -2.16. The molecule has 1 heterocycles. The molecular weight excluding hydrogens is 286 g/mol. The van der Waals surface area contributed by atoms with Gasteiger partial charge in [0.05, 0.1) is 16.2 Å². The number of benzene rings is 1. The fourth-order valence-corrected chi connectivity index (χ4v) is 2.52. The van der Waals surface area contributed by atoms with Gasteiger partial charge in [-0.3, -0.25) is 9.78 Å². The van der Waals surface area contributed by atoms with Crippen molar-refractivity contribution < 1.29 is 4.79 Å². The molecule has 1 amide bonds. The fourth-order valence-electron chi connectivity index (χ4n) is 2.20. The Morgan fingerprint density at radius 1 is 1.52 bits per heavy atom. The molecule has 0 radical (unpaired) electrons. The Morgan fingerprint density at radius 2 is 2.29 bits per heavy atom. The van der Waals surface area contributed by atoms with E-state index in [2.05, 4.69) is 10.3 Å². The molecule has 2 aromatic rings. The van der Waals surface area contributed by atoms with Crippen LogP contribution in [-0.4, -0.2) is 17.4 Å². The van der Waals surface area contributed by atoms with Gasteiger partial charge in [-0.25, -0.2) is 0 Å². The molecule has 0 fully saturated rings. The summed E-state index contributed by atoms with van der Waals surface area (Å²) in [6.07, 6.45) is 2.93. The average molecular weight is 306 g/mol. The first-order chi connectivity index (χ1) is 10.0. The Balaban J connectivity index is 2.24. The topological polar surface area (TPSA) is 68.0 Å². The lowest BCUT2D eigenvalue weighted by Gasteiger charge is -2.13. The summed E-state index contributed by atoms with van der Waals surface area (Å²) in [5.41, 5.74) is 8.05. The van der Waals surface area contributed by atoms with Gasteiger partial charge in [-0.2, -0.15) is 0 Å². The quantitative estimate of drug-likeness (QED) is 0.888. The molecular formula is C16H20ClN3O. The highest BCUT2D eigenvalue weighted by Gasteiger charge is 2.13. The molecule has 1 aromatic carbocycles. The van der Waals surface area contributed by atoms with E-state index in [4.69, 9.17) is 17.3 Å². The van der Waals surface area contributed by atoms with Gasteiger partial charge in [0.1, 0.15) is 0 Å². The van der Waals surface area contributed by atoms with Gasteiger partial charge in [-0.05, 0) is 49.6 Å². The third-order valence-corrected chi connectivity index (χ3v) is 3.86. The van der Waals surface area contributed by atoms with Crippen molar-refractivity contribution in [2.24, 2.45) is 11.7 Å². The zero-order valence-electron chi connectivity index (χ0n) is 12.3. The van der Waals surface area contributed by atoms with Crippen molar-refractivity contribution in [3.8, 4) is 0 Å². The van der Waals surface area contributed by atoms with Crippen LogP contribution in [0.5, 0.6) is 0 Å². The Bertz CT molecular complexity index is 657. The van der Waals surface area contributed by atoms with Crippen molar-refractivity contribution in [2.45, 2.75) is 26.7 Å². The van der Waals surface area contributed by atoms with E-state index in [-0.39, 0.29) is 5.91 Å². The van der Waals surface area contributed by atoms with Gasteiger partial charge in [-0.15, -0.1) is 0 Å². The van der Waals surface area contributed by atoms with Crippen molar-refractivity contribution in [3.63, 3.8) is 0 Å². The minimum Gasteiger partial charge on any atom is -0.330 e. The van der Waals surface area contributed by atoms with Crippen molar-refractivity contribution in [1.29, 1.82) is 0 Å². The Morgan fingerprint density at radius 3 is 3.00 bits per heavy atom. The predicted octanol–water partition coefficient (Wildman–Crippen LogP) is 3.51. The van der Waals surface area contributed by atoms with Crippen molar-refractivity contribution in [3.05, 3.63) is 35.0 Å². The van der Waals surface area contributed by atoms with Crippen molar-refractivity contribution in [2.75, 3.05) is 11.9 Å². The molecule has 1 aromatic heterocycles. The van der Waals surface area contributed by atoms with E-state index in [0.29, 0.717) is 29.6 Å². The van der Waals surface area contributed by atoms with E-state index < -0.39 is 0 Å². The largest absolute Gasteiger partial charge is 0.330 e. The molecule has 2 rings (SSSR count). The summed E-state index contributed by atoms with van der Waals surface area (Å²) in [5, 5.41) is 4.31. The zero-order valence-corrected chi connectivity index (χ0v) is 13.1. The first-order valence-corrected chi connectivity index (χ1v) is 7.44. The van der Waals surface area contributed by atoms with Crippen molar-refractivity contribution >= 4 is 34.1 Å². The minimum atomic E-state index is -0.0498.